The van der Waals surface area contributed by atoms with E-state index in [9.17, 15) is 13.2 Å². The zero-order valence-corrected chi connectivity index (χ0v) is 13.6. The SMILES string of the molecule is CC(N1CCN(c2nc(C(C)(C)C)ns2)CC1)C(F)(F)F. The molecule has 0 bridgehead atoms. The first-order valence-electron chi connectivity index (χ1n) is 6.99. The standard InChI is InChI=1S/C13H21F3N4S/c1-9(13(14,15)16)19-5-7-20(8-6-19)11-17-10(18-21-11)12(2,3)4/h9H,5-8H2,1-4H3. The van der Waals surface area contributed by atoms with Gasteiger partial charge in [0.15, 0.2) is 0 Å². The molecule has 0 spiro atoms. The number of halogens is 3. The largest absolute Gasteiger partial charge is 0.403 e. The Morgan fingerprint density at radius 1 is 1.10 bits per heavy atom. The topological polar surface area (TPSA) is 32.3 Å². The number of nitrogens with zero attached hydrogens (tertiary/aromatic N) is 4. The lowest BCUT2D eigenvalue weighted by molar-refractivity contribution is -0.179. The van der Waals surface area contributed by atoms with Crippen molar-refractivity contribution >= 4 is 16.7 Å². The van der Waals surface area contributed by atoms with Crippen LogP contribution >= 0.6 is 11.5 Å². The molecule has 2 rings (SSSR count). The number of rotatable bonds is 2. The zero-order valence-electron chi connectivity index (χ0n) is 12.7. The Morgan fingerprint density at radius 3 is 2.10 bits per heavy atom. The van der Waals surface area contributed by atoms with Crippen molar-refractivity contribution in [3.8, 4) is 0 Å². The third-order valence-corrected chi connectivity index (χ3v) is 4.47. The molecule has 1 aliphatic heterocycles. The van der Waals surface area contributed by atoms with E-state index in [1.807, 2.05) is 25.7 Å². The van der Waals surface area contributed by atoms with Crippen molar-refractivity contribution in [2.24, 2.45) is 0 Å². The number of aromatic nitrogens is 2. The van der Waals surface area contributed by atoms with E-state index >= 15 is 0 Å². The molecule has 1 atom stereocenters. The van der Waals surface area contributed by atoms with Gasteiger partial charge in [-0.25, -0.2) is 4.98 Å². The molecule has 0 aliphatic carbocycles. The number of alkyl halides is 3. The summed E-state index contributed by atoms with van der Waals surface area (Å²) >= 11 is 1.32. The van der Waals surface area contributed by atoms with Crippen LogP contribution in [0.2, 0.25) is 0 Å². The molecule has 1 aliphatic rings. The molecule has 0 amide bonds. The van der Waals surface area contributed by atoms with Gasteiger partial charge in [0.1, 0.15) is 11.9 Å². The smallest absolute Gasteiger partial charge is 0.344 e. The molecule has 1 aromatic rings. The van der Waals surface area contributed by atoms with Crippen LogP contribution in [0.3, 0.4) is 0 Å². The molecule has 8 heteroatoms. The van der Waals surface area contributed by atoms with Gasteiger partial charge in [-0.1, -0.05) is 20.8 Å². The predicted octanol–water partition coefficient (Wildman–Crippen LogP) is 2.91. The summed E-state index contributed by atoms with van der Waals surface area (Å²) in [6, 6.07) is -1.39. The van der Waals surface area contributed by atoms with E-state index in [-0.39, 0.29) is 5.41 Å². The lowest BCUT2D eigenvalue weighted by Crippen LogP contribution is -2.53. The van der Waals surface area contributed by atoms with Crippen molar-refractivity contribution in [1.82, 2.24) is 14.3 Å². The number of anilines is 1. The van der Waals surface area contributed by atoms with Crippen molar-refractivity contribution in [1.29, 1.82) is 0 Å². The third kappa shape index (κ3) is 3.85. The van der Waals surface area contributed by atoms with Crippen LogP contribution in [0.1, 0.15) is 33.5 Å². The summed E-state index contributed by atoms with van der Waals surface area (Å²) in [7, 11) is 0. The minimum absolute atomic E-state index is 0.110. The average molecular weight is 322 g/mol. The molecule has 120 valence electrons. The molecule has 0 radical (unpaired) electrons. The van der Waals surface area contributed by atoms with E-state index in [2.05, 4.69) is 9.36 Å². The van der Waals surface area contributed by atoms with Gasteiger partial charge in [-0.3, -0.25) is 4.90 Å². The Labute approximate surface area is 127 Å². The van der Waals surface area contributed by atoms with Gasteiger partial charge in [-0.15, -0.1) is 0 Å². The lowest BCUT2D eigenvalue weighted by Gasteiger charge is -2.38. The van der Waals surface area contributed by atoms with Crippen molar-refractivity contribution in [3.05, 3.63) is 5.82 Å². The Hall–Kier alpha value is -0.890. The van der Waals surface area contributed by atoms with E-state index < -0.39 is 12.2 Å². The highest BCUT2D eigenvalue weighted by molar-refractivity contribution is 7.09. The van der Waals surface area contributed by atoms with Crippen LogP contribution in [0.15, 0.2) is 0 Å². The maximum Gasteiger partial charge on any atom is 0.403 e. The van der Waals surface area contributed by atoms with Crippen LogP contribution in [0.4, 0.5) is 18.3 Å². The lowest BCUT2D eigenvalue weighted by atomic mass is 9.96. The van der Waals surface area contributed by atoms with Gasteiger partial charge in [0.2, 0.25) is 5.13 Å². The molecule has 0 aromatic carbocycles. The van der Waals surface area contributed by atoms with Crippen molar-refractivity contribution < 1.29 is 13.2 Å². The molecule has 1 aromatic heterocycles. The summed E-state index contributed by atoms with van der Waals surface area (Å²) in [5.74, 6) is 0.786. The summed E-state index contributed by atoms with van der Waals surface area (Å²) in [6.07, 6.45) is -4.16. The summed E-state index contributed by atoms with van der Waals surface area (Å²) < 4.78 is 42.5. The van der Waals surface area contributed by atoms with E-state index in [0.717, 1.165) is 11.0 Å². The Balaban J connectivity index is 1.97. The third-order valence-electron chi connectivity index (χ3n) is 3.69. The van der Waals surface area contributed by atoms with Gasteiger partial charge >= 0.3 is 6.18 Å². The molecule has 1 unspecified atom stereocenters. The fourth-order valence-corrected chi connectivity index (χ4v) is 3.06. The summed E-state index contributed by atoms with van der Waals surface area (Å²) in [5, 5.41) is 0.805. The fourth-order valence-electron chi connectivity index (χ4n) is 2.16. The number of hydrogen-bond acceptors (Lipinski definition) is 5. The molecule has 0 N–H and O–H groups in total. The van der Waals surface area contributed by atoms with Crippen molar-refractivity contribution in [2.75, 3.05) is 31.1 Å². The highest BCUT2D eigenvalue weighted by Crippen LogP contribution is 2.28. The second-order valence-corrected chi connectivity index (χ2v) is 7.12. The van der Waals surface area contributed by atoms with Crippen LogP contribution in [0.5, 0.6) is 0 Å². The summed E-state index contributed by atoms with van der Waals surface area (Å²) in [5.41, 5.74) is -0.110. The second-order valence-electron chi connectivity index (χ2n) is 6.39. The van der Waals surface area contributed by atoms with Crippen molar-refractivity contribution in [2.45, 2.75) is 45.3 Å². The first-order chi connectivity index (χ1) is 9.59. The van der Waals surface area contributed by atoms with Gasteiger partial charge in [0.05, 0.1) is 0 Å². The molecular formula is C13H21F3N4S. The Bertz CT molecular complexity index is 472. The maximum absolute atomic E-state index is 12.7. The Kier molecular flexibility index (Phi) is 4.49. The highest BCUT2D eigenvalue weighted by atomic mass is 32.1. The average Bonchev–Trinajstić information content (AvgIpc) is 2.86. The quantitative estimate of drug-likeness (QED) is 0.838. The van der Waals surface area contributed by atoms with E-state index in [1.165, 1.54) is 23.4 Å². The zero-order chi connectivity index (χ0) is 15.8. The maximum atomic E-state index is 12.7. The Morgan fingerprint density at radius 2 is 1.67 bits per heavy atom. The minimum Gasteiger partial charge on any atom is -0.344 e. The molecule has 4 nitrogen and oxygen atoms in total. The van der Waals surface area contributed by atoms with Gasteiger partial charge in [0.25, 0.3) is 0 Å². The normalized spacial score (nSPS) is 19.9. The van der Waals surface area contributed by atoms with Crippen molar-refractivity contribution in [3.63, 3.8) is 0 Å². The van der Waals surface area contributed by atoms with E-state index in [0.29, 0.717) is 26.2 Å². The molecule has 21 heavy (non-hydrogen) atoms. The van der Waals surface area contributed by atoms with Gasteiger partial charge in [-0.05, 0) is 6.92 Å². The van der Waals surface area contributed by atoms with Crippen LogP contribution < -0.4 is 4.90 Å². The van der Waals surface area contributed by atoms with Crippen LogP contribution in [0, 0.1) is 0 Å². The van der Waals surface area contributed by atoms with Gasteiger partial charge < -0.3 is 4.90 Å². The van der Waals surface area contributed by atoms with Crippen LogP contribution in [0.25, 0.3) is 0 Å². The monoisotopic (exact) mass is 322 g/mol. The first kappa shape index (κ1) is 16.5. The summed E-state index contributed by atoms with van der Waals surface area (Å²) in [4.78, 5) is 8.01. The van der Waals surface area contributed by atoms with Gasteiger partial charge in [0, 0.05) is 43.1 Å². The fraction of sp³-hybridized carbons (Fsp3) is 0.846. The van der Waals surface area contributed by atoms with Crippen LogP contribution in [-0.4, -0.2) is 52.7 Å². The predicted molar refractivity (Wildman–Crippen MR) is 77.9 cm³/mol. The first-order valence-corrected chi connectivity index (χ1v) is 7.76. The van der Waals surface area contributed by atoms with E-state index in [4.69, 9.17) is 0 Å². The molecule has 2 heterocycles. The molecule has 1 saturated heterocycles. The van der Waals surface area contributed by atoms with Gasteiger partial charge in [-0.2, -0.15) is 17.5 Å². The molecule has 0 saturated carbocycles. The molecular weight excluding hydrogens is 301 g/mol. The second kappa shape index (κ2) is 5.72. The highest BCUT2D eigenvalue weighted by Gasteiger charge is 2.41. The number of hydrogen-bond donors (Lipinski definition) is 0. The summed E-state index contributed by atoms with van der Waals surface area (Å²) in [6.45, 7) is 9.25. The van der Waals surface area contributed by atoms with E-state index in [1.54, 1.807) is 0 Å². The number of piperazine rings is 1. The van der Waals surface area contributed by atoms with Crippen LogP contribution in [-0.2, 0) is 5.41 Å². The molecule has 1 fully saturated rings. The minimum atomic E-state index is -4.16.